The third kappa shape index (κ3) is 6.73. The van der Waals surface area contributed by atoms with Crippen LogP contribution in [0.1, 0.15) is 29.1 Å². The molecular weight excluding hydrogens is 398 g/mol. The van der Waals surface area contributed by atoms with Gasteiger partial charge < -0.3 is 10.2 Å². The van der Waals surface area contributed by atoms with E-state index in [1.54, 1.807) is 23.1 Å². The molecule has 1 aliphatic heterocycles. The molecule has 7 heteroatoms. The van der Waals surface area contributed by atoms with E-state index in [1.165, 1.54) is 29.0 Å². The van der Waals surface area contributed by atoms with Gasteiger partial charge in [0.1, 0.15) is 0 Å². The largest absolute Gasteiger partial charge is 0.356 e. The minimum atomic E-state index is 0.703. The van der Waals surface area contributed by atoms with Crippen LogP contribution < -0.4 is 5.32 Å². The van der Waals surface area contributed by atoms with Gasteiger partial charge in [-0.1, -0.05) is 12.1 Å². The maximum Gasteiger partial charge on any atom is 0.193 e. The lowest BCUT2D eigenvalue weighted by molar-refractivity contribution is 0.176. The van der Waals surface area contributed by atoms with Crippen LogP contribution in [0.15, 0.2) is 39.5 Å². The number of likely N-dealkylation sites (tertiary alicyclic amines) is 1. The summed E-state index contributed by atoms with van der Waals surface area (Å²) in [6.45, 7) is 7.23. The Morgan fingerprint density at radius 2 is 2.03 bits per heavy atom. The van der Waals surface area contributed by atoms with Gasteiger partial charge in [-0.05, 0) is 62.7 Å². The number of thioether (sulfide) groups is 1. The number of benzene rings is 1. The summed E-state index contributed by atoms with van der Waals surface area (Å²) in [5, 5.41) is 6.95. The summed E-state index contributed by atoms with van der Waals surface area (Å²) in [5.74, 6) is 1.67. The standard InChI is InChI=1S/C22H33N5S2/c1-17-25-20(16-29-17)15-27-11-9-18(10-12-27)13-24-22(23-2)26(3)14-19-5-7-21(28-4)8-6-19/h5-8,16,18H,9-15H2,1-4H3,(H,23,24). The second kappa shape index (κ2) is 11.0. The number of guanidine groups is 1. The van der Waals surface area contributed by atoms with Gasteiger partial charge in [-0.3, -0.25) is 9.89 Å². The predicted molar refractivity (Wildman–Crippen MR) is 126 cm³/mol. The number of aryl methyl sites for hydroxylation is 1. The third-order valence-electron chi connectivity index (χ3n) is 5.46. The first-order valence-electron chi connectivity index (χ1n) is 10.3. The summed E-state index contributed by atoms with van der Waals surface area (Å²) >= 11 is 3.52. The maximum atomic E-state index is 4.60. The van der Waals surface area contributed by atoms with Crippen molar-refractivity contribution in [3.8, 4) is 0 Å². The Morgan fingerprint density at radius 3 is 2.62 bits per heavy atom. The first kappa shape index (κ1) is 22.1. The fourth-order valence-electron chi connectivity index (χ4n) is 3.76. The Kier molecular flexibility index (Phi) is 8.39. The fraction of sp³-hybridized carbons (Fsp3) is 0.545. The molecule has 158 valence electrons. The minimum Gasteiger partial charge on any atom is -0.356 e. The molecule has 0 bridgehead atoms. The molecule has 2 heterocycles. The molecule has 1 aromatic heterocycles. The molecule has 0 atom stereocenters. The maximum absolute atomic E-state index is 4.60. The minimum absolute atomic E-state index is 0.703. The Morgan fingerprint density at radius 1 is 1.31 bits per heavy atom. The van der Waals surface area contributed by atoms with Crippen LogP contribution in [-0.2, 0) is 13.1 Å². The number of hydrogen-bond acceptors (Lipinski definition) is 5. The van der Waals surface area contributed by atoms with Crippen molar-refractivity contribution >= 4 is 29.1 Å². The third-order valence-corrected chi connectivity index (χ3v) is 7.03. The molecule has 0 aliphatic carbocycles. The van der Waals surface area contributed by atoms with Gasteiger partial charge in [-0.15, -0.1) is 23.1 Å². The van der Waals surface area contributed by atoms with Crippen LogP contribution >= 0.6 is 23.1 Å². The van der Waals surface area contributed by atoms with Gasteiger partial charge in [0.15, 0.2) is 5.96 Å². The van der Waals surface area contributed by atoms with E-state index >= 15 is 0 Å². The van der Waals surface area contributed by atoms with Crippen molar-refractivity contribution in [2.75, 3.05) is 40.0 Å². The van der Waals surface area contributed by atoms with Crippen molar-refractivity contribution in [3.05, 3.63) is 45.9 Å². The second-order valence-corrected chi connectivity index (χ2v) is 9.65. The average molecular weight is 432 g/mol. The van der Waals surface area contributed by atoms with E-state index in [0.717, 1.165) is 43.7 Å². The lowest BCUT2D eigenvalue weighted by Gasteiger charge is -2.32. The van der Waals surface area contributed by atoms with Crippen molar-refractivity contribution in [2.24, 2.45) is 10.9 Å². The molecule has 3 rings (SSSR count). The summed E-state index contributed by atoms with van der Waals surface area (Å²) < 4.78 is 0. The molecule has 2 aromatic rings. The van der Waals surface area contributed by atoms with Gasteiger partial charge in [0, 0.05) is 44.0 Å². The number of nitrogens with one attached hydrogen (secondary N) is 1. The monoisotopic (exact) mass is 431 g/mol. The highest BCUT2D eigenvalue weighted by Crippen LogP contribution is 2.19. The van der Waals surface area contributed by atoms with Crippen LogP contribution in [-0.4, -0.2) is 60.7 Å². The number of aliphatic imine (C=N–C) groups is 1. The van der Waals surface area contributed by atoms with E-state index in [2.05, 4.69) is 75.0 Å². The summed E-state index contributed by atoms with van der Waals surface area (Å²) in [4.78, 5) is 15.1. The van der Waals surface area contributed by atoms with E-state index in [9.17, 15) is 0 Å². The Labute approximate surface area is 183 Å². The molecule has 0 spiro atoms. The highest BCUT2D eigenvalue weighted by atomic mass is 32.2. The molecule has 1 saturated heterocycles. The van der Waals surface area contributed by atoms with Crippen molar-refractivity contribution < 1.29 is 0 Å². The van der Waals surface area contributed by atoms with Crippen LogP contribution in [0.25, 0.3) is 0 Å². The number of thiazole rings is 1. The van der Waals surface area contributed by atoms with E-state index in [4.69, 9.17) is 0 Å². The molecule has 29 heavy (non-hydrogen) atoms. The van der Waals surface area contributed by atoms with Gasteiger partial charge in [0.05, 0.1) is 10.7 Å². The SMILES string of the molecule is CN=C(NCC1CCN(Cc2csc(C)n2)CC1)N(C)Cc1ccc(SC)cc1. The first-order valence-corrected chi connectivity index (χ1v) is 12.4. The lowest BCUT2D eigenvalue weighted by atomic mass is 9.97. The molecule has 0 unspecified atom stereocenters. The predicted octanol–water partition coefficient (Wildman–Crippen LogP) is 4.09. The van der Waals surface area contributed by atoms with Crippen LogP contribution in [0, 0.1) is 12.8 Å². The molecule has 0 saturated carbocycles. The van der Waals surface area contributed by atoms with Crippen LogP contribution in [0.4, 0.5) is 0 Å². The first-order chi connectivity index (χ1) is 14.1. The number of aromatic nitrogens is 1. The molecular formula is C22H33N5S2. The van der Waals surface area contributed by atoms with Crippen molar-refractivity contribution in [1.82, 2.24) is 20.1 Å². The molecule has 1 aliphatic rings. The zero-order chi connectivity index (χ0) is 20.6. The zero-order valence-electron chi connectivity index (χ0n) is 18.0. The Balaban J connectivity index is 1.41. The normalized spacial score (nSPS) is 16.2. The topological polar surface area (TPSA) is 43.8 Å². The van der Waals surface area contributed by atoms with Crippen LogP contribution in [0.3, 0.4) is 0 Å². The van der Waals surface area contributed by atoms with Crippen molar-refractivity contribution in [3.63, 3.8) is 0 Å². The lowest BCUT2D eigenvalue weighted by Crippen LogP contribution is -2.43. The Hall–Kier alpha value is -1.57. The van der Waals surface area contributed by atoms with Gasteiger partial charge in [-0.25, -0.2) is 4.98 Å². The smallest absolute Gasteiger partial charge is 0.193 e. The number of hydrogen-bond donors (Lipinski definition) is 1. The summed E-state index contributed by atoms with van der Waals surface area (Å²) in [6.07, 6.45) is 4.57. The van der Waals surface area contributed by atoms with Crippen LogP contribution in [0.5, 0.6) is 0 Å². The van der Waals surface area contributed by atoms with Crippen molar-refractivity contribution in [1.29, 1.82) is 0 Å². The van der Waals surface area contributed by atoms with E-state index in [1.807, 2.05) is 7.05 Å². The van der Waals surface area contributed by atoms with E-state index in [-0.39, 0.29) is 0 Å². The molecule has 0 radical (unpaired) electrons. The van der Waals surface area contributed by atoms with Gasteiger partial charge in [0.2, 0.25) is 0 Å². The molecule has 1 fully saturated rings. The Bertz CT molecular complexity index is 779. The number of rotatable bonds is 7. The van der Waals surface area contributed by atoms with E-state index in [0.29, 0.717) is 5.92 Å². The summed E-state index contributed by atoms with van der Waals surface area (Å²) in [5.41, 5.74) is 2.52. The van der Waals surface area contributed by atoms with Crippen LogP contribution in [0.2, 0.25) is 0 Å². The quantitative estimate of drug-likeness (QED) is 0.406. The molecule has 0 amide bonds. The summed E-state index contributed by atoms with van der Waals surface area (Å²) in [7, 11) is 3.98. The summed E-state index contributed by atoms with van der Waals surface area (Å²) in [6, 6.07) is 8.78. The van der Waals surface area contributed by atoms with Crippen molar-refractivity contribution in [2.45, 2.75) is 37.8 Å². The second-order valence-electron chi connectivity index (χ2n) is 7.71. The molecule has 1 aromatic carbocycles. The molecule has 5 nitrogen and oxygen atoms in total. The number of nitrogens with zero attached hydrogens (tertiary/aromatic N) is 4. The van der Waals surface area contributed by atoms with Gasteiger partial charge in [-0.2, -0.15) is 0 Å². The fourth-order valence-corrected chi connectivity index (χ4v) is 4.77. The molecule has 1 N–H and O–H groups in total. The zero-order valence-corrected chi connectivity index (χ0v) is 19.7. The highest BCUT2D eigenvalue weighted by molar-refractivity contribution is 7.98. The highest BCUT2D eigenvalue weighted by Gasteiger charge is 2.20. The van der Waals surface area contributed by atoms with Gasteiger partial charge in [0.25, 0.3) is 0 Å². The van der Waals surface area contributed by atoms with E-state index < -0.39 is 0 Å². The average Bonchev–Trinajstić information content (AvgIpc) is 3.15. The van der Waals surface area contributed by atoms with Gasteiger partial charge >= 0.3 is 0 Å². The number of piperidine rings is 1.